The summed E-state index contributed by atoms with van der Waals surface area (Å²) in [4.78, 5) is 19.0. The smallest absolute Gasteiger partial charge is 0.298 e. The van der Waals surface area contributed by atoms with Crippen molar-refractivity contribution in [3.63, 3.8) is 0 Å². The maximum Gasteiger partial charge on any atom is 0.298 e. The molecule has 130 valence electrons. The van der Waals surface area contributed by atoms with Crippen LogP contribution in [0.3, 0.4) is 0 Å². The summed E-state index contributed by atoms with van der Waals surface area (Å²) in [5.74, 6) is 0.247. The zero-order chi connectivity index (χ0) is 16.9. The molecule has 1 atom stereocenters. The first-order valence-corrected chi connectivity index (χ1v) is 8.79. The number of amides is 1. The lowest BCUT2D eigenvalue weighted by Gasteiger charge is -2.30. The first kappa shape index (κ1) is 16.8. The van der Waals surface area contributed by atoms with E-state index in [0.29, 0.717) is 18.6 Å². The Morgan fingerprint density at radius 2 is 2.12 bits per heavy atom. The van der Waals surface area contributed by atoms with Crippen LogP contribution < -0.4 is 15.5 Å². The average molecular weight is 330 g/mol. The van der Waals surface area contributed by atoms with Crippen LogP contribution in [0.1, 0.15) is 26.7 Å². The Morgan fingerprint density at radius 1 is 1.38 bits per heavy atom. The summed E-state index contributed by atoms with van der Waals surface area (Å²) in [5, 5.41) is 6.36. The number of aromatic nitrogens is 1. The number of benzene rings is 1. The van der Waals surface area contributed by atoms with Crippen LogP contribution in [-0.2, 0) is 4.79 Å². The molecule has 6 nitrogen and oxygen atoms in total. The molecule has 0 bridgehead atoms. The molecule has 0 unspecified atom stereocenters. The molecule has 1 aliphatic heterocycles. The fourth-order valence-corrected chi connectivity index (χ4v) is 3.15. The minimum absolute atomic E-state index is 0.0828. The lowest BCUT2D eigenvalue weighted by molar-refractivity contribution is -0.125. The van der Waals surface area contributed by atoms with Gasteiger partial charge in [-0.1, -0.05) is 19.1 Å². The highest BCUT2D eigenvalue weighted by atomic mass is 16.4. The highest BCUT2D eigenvalue weighted by Gasteiger charge is 2.27. The second kappa shape index (κ2) is 7.66. The number of fused-ring (bicyclic) bond motifs is 1. The fourth-order valence-electron chi connectivity index (χ4n) is 3.15. The van der Waals surface area contributed by atoms with Crippen molar-refractivity contribution < 1.29 is 9.21 Å². The van der Waals surface area contributed by atoms with Gasteiger partial charge in [0.15, 0.2) is 5.58 Å². The molecule has 0 aliphatic carbocycles. The number of hydrogen-bond donors (Lipinski definition) is 2. The van der Waals surface area contributed by atoms with Crippen molar-refractivity contribution in [1.82, 2.24) is 15.6 Å². The monoisotopic (exact) mass is 330 g/mol. The van der Waals surface area contributed by atoms with Gasteiger partial charge in [-0.2, -0.15) is 4.98 Å². The van der Waals surface area contributed by atoms with Crippen molar-refractivity contribution in [2.24, 2.45) is 5.92 Å². The van der Waals surface area contributed by atoms with Gasteiger partial charge in [0, 0.05) is 31.6 Å². The summed E-state index contributed by atoms with van der Waals surface area (Å²) in [6, 6.07) is 8.75. The summed E-state index contributed by atoms with van der Waals surface area (Å²) in [7, 11) is 0. The van der Waals surface area contributed by atoms with E-state index in [1.807, 2.05) is 24.3 Å². The van der Waals surface area contributed by atoms with Gasteiger partial charge in [-0.3, -0.25) is 4.79 Å². The molecule has 6 heteroatoms. The summed E-state index contributed by atoms with van der Waals surface area (Å²) < 4.78 is 5.82. The topological polar surface area (TPSA) is 70.4 Å². The molecule has 24 heavy (non-hydrogen) atoms. The highest BCUT2D eigenvalue weighted by Crippen LogP contribution is 2.26. The number of carbonyl (C=O) groups excluding carboxylic acids is 1. The van der Waals surface area contributed by atoms with E-state index in [-0.39, 0.29) is 11.8 Å². The Bertz CT molecular complexity index is 643. The Labute approximate surface area is 142 Å². The lowest BCUT2D eigenvalue weighted by Crippen LogP contribution is -2.44. The number of anilines is 1. The summed E-state index contributed by atoms with van der Waals surface area (Å²) in [5.41, 5.74) is 1.69. The van der Waals surface area contributed by atoms with Gasteiger partial charge in [-0.25, -0.2) is 0 Å². The van der Waals surface area contributed by atoms with E-state index in [4.69, 9.17) is 4.42 Å². The van der Waals surface area contributed by atoms with E-state index in [0.717, 1.165) is 43.6 Å². The third-order valence-electron chi connectivity index (χ3n) is 4.55. The number of rotatable bonds is 6. The molecule has 2 aromatic rings. The van der Waals surface area contributed by atoms with Crippen LogP contribution in [0, 0.1) is 5.92 Å². The highest BCUT2D eigenvalue weighted by molar-refractivity contribution is 5.79. The molecule has 1 aliphatic rings. The second-order valence-electron chi connectivity index (χ2n) is 6.43. The fraction of sp³-hybridized carbons (Fsp3) is 0.556. The van der Waals surface area contributed by atoms with Crippen LogP contribution in [0.15, 0.2) is 28.7 Å². The van der Waals surface area contributed by atoms with Gasteiger partial charge in [-0.15, -0.1) is 0 Å². The van der Waals surface area contributed by atoms with Gasteiger partial charge in [0.1, 0.15) is 5.52 Å². The van der Waals surface area contributed by atoms with Crippen molar-refractivity contribution in [3.05, 3.63) is 24.3 Å². The first-order valence-electron chi connectivity index (χ1n) is 8.79. The third-order valence-corrected chi connectivity index (χ3v) is 4.55. The lowest BCUT2D eigenvalue weighted by atomic mass is 9.96. The normalized spacial score (nSPS) is 17.2. The quantitative estimate of drug-likeness (QED) is 0.849. The molecule has 2 heterocycles. The molecule has 1 aromatic carbocycles. The van der Waals surface area contributed by atoms with Crippen molar-refractivity contribution in [3.8, 4) is 0 Å². The average Bonchev–Trinajstić information content (AvgIpc) is 3.04. The molecule has 1 aromatic heterocycles. The van der Waals surface area contributed by atoms with Crippen molar-refractivity contribution in [2.75, 3.05) is 31.1 Å². The van der Waals surface area contributed by atoms with E-state index in [2.05, 4.69) is 34.4 Å². The van der Waals surface area contributed by atoms with Gasteiger partial charge in [0.05, 0.1) is 0 Å². The van der Waals surface area contributed by atoms with E-state index < -0.39 is 0 Å². The molecule has 1 fully saturated rings. The predicted molar refractivity (Wildman–Crippen MR) is 95.1 cm³/mol. The van der Waals surface area contributed by atoms with E-state index >= 15 is 0 Å². The molecule has 3 rings (SSSR count). The number of nitrogens with one attached hydrogen (secondary N) is 2. The zero-order valence-corrected chi connectivity index (χ0v) is 14.4. The van der Waals surface area contributed by atoms with Crippen molar-refractivity contribution in [2.45, 2.75) is 32.7 Å². The standard InChI is InChI=1S/C18H26N4O2/c1-3-19-13(2)12-20-17(23)14-8-10-22(11-9-14)18-21-15-6-4-5-7-16(15)24-18/h4-7,13-14,19H,3,8-12H2,1-2H3,(H,20,23)/t13-/m1/s1. The predicted octanol–water partition coefficient (Wildman–Crippen LogP) is 2.16. The van der Waals surface area contributed by atoms with Gasteiger partial charge in [0.25, 0.3) is 6.01 Å². The Morgan fingerprint density at radius 3 is 2.83 bits per heavy atom. The SMILES string of the molecule is CCN[C@H](C)CNC(=O)C1CCN(c2nc3ccccc3o2)CC1. The van der Waals surface area contributed by atoms with Gasteiger partial charge < -0.3 is 20.0 Å². The molecular weight excluding hydrogens is 304 g/mol. The van der Waals surface area contributed by atoms with Crippen LogP contribution in [0.2, 0.25) is 0 Å². The number of likely N-dealkylation sites (N-methyl/N-ethyl adjacent to an activating group) is 1. The minimum atomic E-state index is 0.0828. The largest absolute Gasteiger partial charge is 0.423 e. The Hall–Kier alpha value is -2.08. The molecule has 1 saturated heterocycles. The maximum atomic E-state index is 12.3. The number of carbonyl (C=O) groups is 1. The van der Waals surface area contributed by atoms with E-state index in [9.17, 15) is 4.79 Å². The van der Waals surface area contributed by atoms with Crippen molar-refractivity contribution >= 4 is 23.0 Å². The van der Waals surface area contributed by atoms with Crippen molar-refractivity contribution in [1.29, 1.82) is 0 Å². The van der Waals surface area contributed by atoms with Gasteiger partial charge >= 0.3 is 0 Å². The van der Waals surface area contributed by atoms with Crippen LogP contribution in [0.5, 0.6) is 0 Å². The summed E-state index contributed by atoms with van der Waals surface area (Å²) in [6.45, 7) is 7.35. The zero-order valence-electron chi connectivity index (χ0n) is 14.4. The summed E-state index contributed by atoms with van der Waals surface area (Å²) >= 11 is 0. The van der Waals surface area contributed by atoms with Gasteiger partial charge in [0.2, 0.25) is 5.91 Å². The third kappa shape index (κ3) is 3.87. The van der Waals surface area contributed by atoms with E-state index in [1.165, 1.54) is 0 Å². The second-order valence-corrected chi connectivity index (χ2v) is 6.43. The summed E-state index contributed by atoms with van der Waals surface area (Å²) in [6.07, 6.45) is 1.67. The number of para-hydroxylation sites is 2. The number of oxazole rings is 1. The number of piperidine rings is 1. The maximum absolute atomic E-state index is 12.3. The molecule has 1 amide bonds. The number of nitrogens with zero attached hydrogens (tertiary/aromatic N) is 2. The van der Waals surface area contributed by atoms with Crippen LogP contribution in [-0.4, -0.2) is 43.1 Å². The van der Waals surface area contributed by atoms with Crippen LogP contribution in [0.4, 0.5) is 6.01 Å². The molecular formula is C18H26N4O2. The molecule has 2 N–H and O–H groups in total. The van der Waals surface area contributed by atoms with Gasteiger partial charge in [-0.05, 0) is 38.4 Å². The first-order chi connectivity index (χ1) is 11.7. The molecule has 0 spiro atoms. The Balaban J connectivity index is 1.51. The molecule has 0 saturated carbocycles. The van der Waals surface area contributed by atoms with Crippen LogP contribution in [0.25, 0.3) is 11.1 Å². The number of hydrogen-bond acceptors (Lipinski definition) is 5. The minimum Gasteiger partial charge on any atom is -0.423 e. The Kier molecular flexibility index (Phi) is 5.35. The van der Waals surface area contributed by atoms with Crippen LogP contribution >= 0.6 is 0 Å². The van der Waals surface area contributed by atoms with E-state index in [1.54, 1.807) is 0 Å². The molecule has 0 radical (unpaired) electrons.